The first-order valence-electron chi connectivity index (χ1n) is 7.57. The molecular formula is C17H28N2. The molecule has 0 bridgehead atoms. The van der Waals surface area contributed by atoms with Gasteiger partial charge in [0.2, 0.25) is 0 Å². The van der Waals surface area contributed by atoms with Crippen LogP contribution < -0.4 is 5.32 Å². The highest BCUT2D eigenvalue weighted by atomic mass is 15.2. The minimum absolute atomic E-state index is 0.365. The molecule has 2 heteroatoms. The van der Waals surface area contributed by atoms with Gasteiger partial charge in [-0.3, -0.25) is 0 Å². The molecule has 1 N–H and O–H groups in total. The van der Waals surface area contributed by atoms with E-state index in [0.29, 0.717) is 11.6 Å². The van der Waals surface area contributed by atoms with Crippen LogP contribution >= 0.6 is 0 Å². The fourth-order valence-corrected chi connectivity index (χ4v) is 3.73. The second-order valence-corrected chi connectivity index (χ2v) is 6.07. The molecular weight excluding hydrogens is 232 g/mol. The Morgan fingerprint density at radius 3 is 2.32 bits per heavy atom. The van der Waals surface area contributed by atoms with Crippen molar-refractivity contribution in [3.63, 3.8) is 0 Å². The van der Waals surface area contributed by atoms with Crippen LogP contribution in [0.4, 0.5) is 0 Å². The molecule has 1 saturated carbocycles. The summed E-state index contributed by atoms with van der Waals surface area (Å²) in [6.07, 6.45) is 7.81. The topological polar surface area (TPSA) is 15.3 Å². The van der Waals surface area contributed by atoms with Crippen LogP contribution in [0.3, 0.4) is 0 Å². The zero-order chi connectivity index (χ0) is 13.7. The summed E-state index contributed by atoms with van der Waals surface area (Å²) >= 11 is 0. The van der Waals surface area contributed by atoms with Gasteiger partial charge in [-0.2, -0.15) is 0 Å². The number of hydrogen-bond donors (Lipinski definition) is 1. The number of hydrogen-bond acceptors (Lipinski definition) is 2. The monoisotopic (exact) mass is 260 g/mol. The lowest BCUT2D eigenvalue weighted by Crippen LogP contribution is -2.56. The first-order chi connectivity index (χ1) is 9.19. The van der Waals surface area contributed by atoms with Crippen molar-refractivity contribution in [1.82, 2.24) is 10.2 Å². The molecule has 2 rings (SSSR count). The van der Waals surface area contributed by atoms with E-state index < -0.39 is 0 Å². The fourth-order valence-electron chi connectivity index (χ4n) is 3.73. The van der Waals surface area contributed by atoms with Gasteiger partial charge in [0.05, 0.1) is 0 Å². The van der Waals surface area contributed by atoms with Gasteiger partial charge in [0.15, 0.2) is 0 Å². The molecule has 1 fully saturated rings. The van der Waals surface area contributed by atoms with Crippen LogP contribution in [0.25, 0.3) is 0 Å². The van der Waals surface area contributed by atoms with Gasteiger partial charge in [-0.15, -0.1) is 0 Å². The summed E-state index contributed by atoms with van der Waals surface area (Å²) in [4.78, 5) is 2.46. The Hall–Kier alpha value is -0.860. The third-order valence-electron chi connectivity index (χ3n) is 4.92. The zero-order valence-corrected chi connectivity index (χ0v) is 12.7. The molecule has 0 spiro atoms. The van der Waals surface area contributed by atoms with E-state index in [4.69, 9.17) is 0 Å². The average molecular weight is 260 g/mol. The van der Waals surface area contributed by atoms with Crippen molar-refractivity contribution in [2.45, 2.75) is 50.1 Å². The Morgan fingerprint density at radius 1 is 1.16 bits per heavy atom. The first-order valence-corrected chi connectivity index (χ1v) is 7.57. The largest absolute Gasteiger partial charge is 0.315 e. The van der Waals surface area contributed by atoms with Gasteiger partial charge in [-0.25, -0.2) is 0 Å². The fraction of sp³-hybridized carbons (Fsp3) is 0.647. The van der Waals surface area contributed by atoms with E-state index in [1.807, 2.05) is 0 Å². The summed E-state index contributed by atoms with van der Waals surface area (Å²) in [5.41, 5.74) is 1.82. The highest BCUT2D eigenvalue weighted by Crippen LogP contribution is 2.38. The van der Waals surface area contributed by atoms with Crippen LogP contribution in [0.1, 0.15) is 37.7 Å². The molecule has 1 aromatic rings. The van der Waals surface area contributed by atoms with E-state index >= 15 is 0 Å². The van der Waals surface area contributed by atoms with Crippen LogP contribution in [-0.2, 0) is 6.42 Å². The quantitative estimate of drug-likeness (QED) is 0.845. The Labute approximate surface area is 118 Å². The first kappa shape index (κ1) is 14.5. The highest BCUT2D eigenvalue weighted by Gasteiger charge is 2.41. The molecule has 2 nitrogen and oxygen atoms in total. The van der Waals surface area contributed by atoms with Crippen LogP contribution in [0.15, 0.2) is 30.3 Å². The van der Waals surface area contributed by atoms with Crippen molar-refractivity contribution < 1.29 is 0 Å². The van der Waals surface area contributed by atoms with Crippen molar-refractivity contribution >= 4 is 0 Å². The van der Waals surface area contributed by atoms with Gasteiger partial charge < -0.3 is 10.2 Å². The summed E-state index contributed by atoms with van der Waals surface area (Å²) in [5.74, 6) is 0. The molecule has 106 valence electrons. The lowest BCUT2D eigenvalue weighted by molar-refractivity contribution is 0.104. The zero-order valence-electron chi connectivity index (χ0n) is 12.7. The van der Waals surface area contributed by atoms with Crippen molar-refractivity contribution in [2.75, 3.05) is 21.1 Å². The minimum atomic E-state index is 0.365. The van der Waals surface area contributed by atoms with E-state index in [-0.39, 0.29) is 0 Å². The predicted octanol–water partition coefficient (Wildman–Crippen LogP) is 3.08. The summed E-state index contributed by atoms with van der Waals surface area (Å²) in [6, 6.07) is 11.4. The maximum absolute atomic E-state index is 3.59. The Kier molecular flexibility index (Phi) is 5.00. The molecule has 1 aliphatic carbocycles. The molecule has 0 aliphatic heterocycles. The number of rotatable bonds is 6. The van der Waals surface area contributed by atoms with E-state index in [9.17, 15) is 0 Å². The van der Waals surface area contributed by atoms with Gasteiger partial charge >= 0.3 is 0 Å². The van der Waals surface area contributed by atoms with Crippen LogP contribution in [0.2, 0.25) is 0 Å². The number of nitrogens with zero attached hydrogens (tertiary/aromatic N) is 1. The molecule has 0 amide bonds. The normalized spacial score (nSPS) is 19.8. The van der Waals surface area contributed by atoms with Crippen LogP contribution in [0.5, 0.6) is 0 Å². The average Bonchev–Trinajstić information content (AvgIpc) is 2.91. The third kappa shape index (κ3) is 3.18. The Balaban J connectivity index is 2.03. The predicted molar refractivity (Wildman–Crippen MR) is 82.5 cm³/mol. The molecule has 1 atom stereocenters. The Morgan fingerprint density at radius 2 is 1.79 bits per heavy atom. The molecule has 0 heterocycles. The van der Waals surface area contributed by atoms with Crippen molar-refractivity contribution in [1.29, 1.82) is 0 Å². The molecule has 1 aromatic carbocycles. The molecule has 1 unspecified atom stereocenters. The van der Waals surface area contributed by atoms with Crippen molar-refractivity contribution in [3.8, 4) is 0 Å². The lowest BCUT2D eigenvalue weighted by Gasteiger charge is -2.43. The molecule has 1 aliphatic rings. The van der Waals surface area contributed by atoms with Crippen molar-refractivity contribution in [3.05, 3.63) is 35.9 Å². The van der Waals surface area contributed by atoms with Gasteiger partial charge in [0, 0.05) is 11.6 Å². The molecule has 19 heavy (non-hydrogen) atoms. The standard InChI is InChI=1S/C17H28N2/c1-18-16(12-11-15-9-5-4-6-10-15)17(19(2)3)13-7-8-14-17/h4-6,9-10,16,18H,7-8,11-14H2,1-3H3. The van der Waals surface area contributed by atoms with Crippen LogP contribution in [-0.4, -0.2) is 37.6 Å². The van der Waals surface area contributed by atoms with E-state index in [2.05, 4.69) is 61.7 Å². The SMILES string of the molecule is CNC(CCc1ccccc1)C1(N(C)C)CCCC1. The second kappa shape index (κ2) is 6.53. The summed E-state index contributed by atoms with van der Waals surface area (Å²) in [6.45, 7) is 0. The van der Waals surface area contributed by atoms with Gasteiger partial charge in [-0.05, 0) is 52.4 Å². The van der Waals surface area contributed by atoms with Crippen molar-refractivity contribution in [2.24, 2.45) is 0 Å². The summed E-state index contributed by atoms with van der Waals surface area (Å²) in [5, 5.41) is 3.59. The van der Waals surface area contributed by atoms with Gasteiger partial charge in [-0.1, -0.05) is 43.2 Å². The molecule has 0 aromatic heterocycles. The lowest BCUT2D eigenvalue weighted by atomic mass is 9.83. The summed E-state index contributed by atoms with van der Waals surface area (Å²) in [7, 11) is 6.62. The van der Waals surface area contributed by atoms with E-state index in [0.717, 1.165) is 0 Å². The smallest absolute Gasteiger partial charge is 0.0356 e. The number of aryl methyl sites for hydroxylation is 1. The molecule has 0 saturated heterocycles. The minimum Gasteiger partial charge on any atom is -0.315 e. The maximum atomic E-state index is 3.59. The van der Waals surface area contributed by atoms with Gasteiger partial charge in [0.1, 0.15) is 0 Å². The van der Waals surface area contributed by atoms with E-state index in [1.165, 1.54) is 44.1 Å². The number of nitrogens with one attached hydrogen (secondary N) is 1. The second-order valence-electron chi connectivity index (χ2n) is 6.07. The summed E-state index contributed by atoms with van der Waals surface area (Å²) < 4.78 is 0. The van der Waals surface area contributed by atoms with Gasteiger partial charge in [0.25, 0.3) is 0 Å². The van der Waals surface area contributed by atoms with E-state index in [1.54, 1.807) is 0 Å². The van der Waals surface area contributed by atoms with Crippen LogP contribution in [0, 0.1) is 0 Å². The highest BCUT2D eigenvalue weighted by molar-refractivity contribution is 5.15. The maximum Gasteiger partial charge on any atom is 0.0356 e. The molecule has 0 radical (unpaired) electrons. The third-order valence-corrected chi connectivity index (χ3v) is 4.92. The number of likely N-dealkylation sites (N-methyl/N-ethyl adjacent to an activating group) is 2. The Bertz CT molecular complexity index is 366. The number of benzene rings is 1.